The number of aromatic nitrogens is 2. The van der Waals surface area contributed by atoms with E-state index >= 15 is 0 Å². The molecule has 1 atom stereocenters. The Labute approximate surface area is 160 Å². The van der Waals surface area contributed by atoms with Crippen molar-refractivity contribution in [1.29, 1.82) is 0 Å². The third kappa shape index (κ3) is 3.75. The van der Waals surface area contributed by atoms with Crippen molar-refractivity contribution in [1.82, 2.24) is 14.9 Å². The molecule has 0 aliphatic carbocycles. The van der Waals surface area contributed by atoms with Gasteiger partial charge in [0.25, 0.3) is 0 Å². The fourth-order valence-corrected chi connectivity index (χ4v) is 4.75. The topological polar surface area (TPSA) is 98.7 Å². The largest absolute Gasteiger partial charge is 0.498 e. The number of likely N-dealkylation sites (tertiary alicyclic amines) is 1. The first-order chi connectivity index (χ1) is 12.4. The first-order valence-electron chi connectivity index (χ1n) is 9.11. The van der Waals surface area contributed by atoms with Crippen molar-refractivity contribution in [2.45, 2.75) is 69.1 Å². The van der Waals surface area contributed by atoms with E-state index in [1.807, 2.05) is 27.7 Å². The van der Waals surface area contributed by atoms with Gasteiger partial charge in [-0.1, -0.05) is 0 Å². The molecule has 0 unspecified atom stereocenters. The number of nitrogens with zero attached hydrogens (tertiary/aromatic N) is 3. The summed E-state index contributed by atoms with van der Waals surface area (Å²) in [7, 11) is -4.36. The van der Waals surface area contributed by atoms with E-state index in [0.29, 0.717) is 24.8 Å². The molecule has 0 radical (unpaired) electrons. The van der Waals surface area contributed by atoms with Crippen LogP contribution in [0.25, 0.3) is 0 Å². The minimum absolute atomic E-state index is 0.119. The van der Waals surface area contributed by atoms with Crippen LogP contribution in [0.3, 0.4) is 0 Å². The van der Waals surface area contributed by atoms with E-state index < -0.39 is 33.4 Å². The number of amides is 1. The van der Waals surface area contributed by atoms with Gasteiger partial charge >= 0.3 is 7.12 Å². The van der Waals surface area contributed by atoms with Gasteiger partial charge in [-0.05, 0) is 40.5 Å². The summed E-state index contributed by atoms with van der Waals surface area (Å²) in [5.41, 5.74) is -0.428. The Morgan fingerprint density at radius 2 is 1.74 bits per heavy atom. The molecule has 10 heteroatoms. The lowest BCUT2D eigenvalue weighted by atomic mass is 9.81. The molecule has 0 aromatic carbocycles. The van der Waals surface area contributed by atoms with Crippen molar-refractivity contribution in [3.05, 3.63) is 12.4 Å². The molecule has 3 rings (SSSR count). The van der Waals surface area contributed by atoms with E-state index in [0.717, 1.165) is 0 Å². The summed E-state index contributed by atoms with van der Waals surface area (Å²) in [6, 6.07) is 0. The van der Waals surface area contributed by atoms with Gasteiger partial charge < -0.3 is 14.2 Å². The fourth-order valence-electron chi connectivity index (χ4n) is 3.20. The summed E-state index contributed by atoms with van der Waals surface area (Å²) < 4.78 is 37.6. The summed E-state index contributed by atoms with van der Waals surface area (Å²) in [4.78, 5) is 21.3. The van der Waals surface area contributed by atoms with Crippen LogP contribution in [-0.4, -0.2) is 65.9 Å². The Bertz CT molecular complexity index is 809. The maximum Gasteiger partial charge on any atom is 0.498 e. The van der Waals surface area contributed by atoms with Gasteiger partial charge in [-0.3, -0.25) is 4.79 Å². The molecule has 3 heterocycles. The van der Waals surface area contributed by atoms with E-state index in [-0.39, 0.29) is 17.6 Å². The monoisotopic (exact) mass is 395 g/mol. The van der Waals surface area contributed by atoms with E-state index in [1.54, 1.807) is 4.90 Å². The lowest BCUT2D eigenvalue weighted by molar-refractivity contribution is -0.129. The Morgan fingerprint density at radius 3 is 2.26 bits per heavy atom. The van der Waals surface area contributed by atoms with Crippen LogP contribution >= 0.6 is 0 Å². The van der Waals surface area contributed by atoms with Gasteiger partial charge in [0.05, 0.1) is 16.5 Å². The molecule has 0 saturated carbocycles. The summed E-state index contributed by atoms with van der Waals surface area (Å²) in [5.74, 6) is -0.119. The standard InChI is InChI=1S/C17H26BN3O5S/c1-12(22)21-8-6-7-14(11-21)27(23,24)15-19-9-13(10-20-15)18-25-16(2,3)17(4,5)26-18/h9-10,14H,6-8,11H2,1-5H3/t14-/m0/s1. The highest BCUT2D eigenvalue weighted by Crippen LogP contribution is 2.36. The zero-order chi connectivity index (χ0) is 20.0. The summed E-state index contributed by atoms with van der Waals surface area (Å²) in [5, 5.41) is -0.906. The number of carbonyl (C=O) groups is 1. The Balaban J connectivity index is 1.78. The predicted molar refractivity (Wildman–Crippen MR) is 100 cm³/mol. The lowest BCUT2D eigenvalue weighted by Crippen LogP contribution is -2.44. The number of piperidine rings is 1. The van der Waals surface area contributed by atoms with Gasteiger partial charge in [-0.25, -0.2) is 18.4 Å². The minimum atomic E-state index is -3.71. The van der Waals surface area contributed by atoms with Gasteiger partial charge in [-0.2, -0.15) is 0 Å². The van der Waals surface area contributed by atoms with Crippen molar-refractivity contribution in [3.63, 3.8) is 0 Å². The van der Waals surface area contributed by atoms with Crippen LogP contribution in [0.1, 0.15) is 47.5 Å². The van der Waals surface area contributed by atoms with Crippen molar-refractivity contribution in [2.24, 2.45) is 0 Å². The molecular formula is C17H26BN3O5S. The number of carbonyl (C=O) groups excluding carboxylic acids is 1. The molecule has 8 nitrogen and oxygen atoms in total. The fraction of sp³-hybridized carbons (Fsp3) is 0.706. The second kappa shape index (κ2) is 6.82. The zero-order valence-electron chi connectivity index (χ0n) is 16.4. The van der Waals surface area contributed by atoms with Crippen LogP contribution in [0.5, 0.6) is 0 Å². The number of hydrogen-bond acceptors (Lipinski definition) is 7. The Kier molecular flexibility index (Phi) is 5.11. The van der Waals surface area contributed by atoms with Gasteiger partial charge in [0.1, 0.15) is 0 Å². The van der Waals surface area contributed by atoms with Crippen molar-refractivity contribution >= 4 is 28.3 Å². The molecule has 27 heavy (non-hydrogen) atoms. The smallest absolute Gasteiger partial charge is 0.399 e. The van der Waals surface area contributed by atoms with E-state index in [2.05, 4.69) is 9.97 Å². The van der Waals surface area contributed by atoms with E-state index in [1.165, 1.54) is 19.3 Å². The Morgan fingerprint density at radius 1 is 1.19 bits per heavy atom. The van der Waals surface area contributed by atoms with Crippen LogP contribution in [-0.2, 0) is 23.9 Å². The zero-order valence-corrected chi connectivity index (χ0v) is 17.2. The molecule has 148 valence electrons. The van der Waals surface area contributed by atoms with Gasteiger partial charge in [0, 0.05) is 37.9 Å². The quantitative estimate of drug-likeness (QED) is 0.545. The average molecular weight is 395 g/mol. The van der Waals surface area contributed by atoms with Crippen molar-refractivity contribution in [3.8, 4) is 0 Å². The number of sulfone groups is 1. The molecule has 1 amide bonds. The molecule has 2 fully saturated rings. The van der Waals surface area contributed by atoms with Crippen molar-refractivity contribution in [2.75, 3.05) is 13.1 Å². The highest BCUT2D eigenvalue weighted by Gasteiger charge is 2.52. The highest BCUT2D eigenvalue weighted by molar-refractivity contribution is 7.91. The third-order valence-electron chi connectivity index (χ3n) is 5.69. The Hall–Kier alpha value is -1.52. The minimum Gasteiger partial charge on any atom is -0.399 e. The summed E-state index contributed by atoms with van der Waals surface area (Å²) in [6.45, 7) is 9.98. The third-order valence-corrected chi connectivity index (χ3v) is 7.67. The first kappa shape index (κ1) is 20.2. The molecule has 1 aromatic heterocycles. The summed E-state index contributed by atoms with van der Waals surface area (Å²) >= 11 is 0. The average Bonchev–Trinajstić information content (AvgIpc) is 2.83. The molecule has 0 spiro atoms. The molecule has 2 aliphatic rings. The normalized spacial score (nSPS) is 24.9. The predicted octanol–water partition coefficient (Wildman–Crippen LogP) is 0.560. The van der Waals surface area contributed by atoms with Gasteiger partial charge in [0.15, 0.2) is 0 Å². The maximum atomic E-state index is 12.9. The molecular weight excluding hydrogens is 369 g/mol. The second-order valence-corrected chi connectivity index (χ2v) is 10.3. The second-order valence-electron chi connectivity index (χ2n) is 8.16. The summed E-state index contributed by atoms with van der Waals surface area (Å²) in [6.07, 6.45) is 4.02. The first-order valence-corrected chi connectivity index (χ1v) is 10.7. The highest BCUT2D eigenvalue weighted by atomic mass is 32.2. The van der Waals surface area contributed by atoms with Crippen LogP contribution in [0, 0.1) is 0 Å². The number of rotatable bonds is 3. The molecule has 1 aromatic rings. The molecule has 2 aliphatic heterocycles. The SMILES string of the molecule is CC(=O)N1CCC[C@H](S(=O)(=O)c2ncc(B3OC(C)(C)C(C)(C)O3)cn2)C1. The molecule has 0 N–H and O–H groups in total. The van der Waals surface area contributed by atoms with Crippen LogP contribution < -0.4 is 5.46 Å². The van der Waals surface area contributed by atoms with Crippen LogP contribution in [0.15, 0.2) is 17.6 Å². The lowest BCUT2D eigenvalue weighted by Gasteiger charge is -2.32. The van der Waals surface area contributed by atoms with E-state index in [4.69, 9.17) is 9.31 Å². The molecule has 0 bridgehead atoms. The van der Waals surface area contributed by atoms with Gasteiger partial charge in [0.2, 0.25) is 20.9 Å². The number of hydrogen-bond donors (Lipinski definition) is 0. The van der Waals surface area contributed by atoms with Crippen LogP contribution in [0.4, 0.5) is 0 Å². The molecule has 2 saturated heterocycles. The maximum absolute atomic E-state index is 12.9. The van der Waals surface area contributed by atoms with Crippen molar-refractivity contribution < 1.29 is 22.5 Å². The van der Waals surface area contributed by atoms with Gasteiger partial charge in [-0.15, -0.1) is 0 Å². The van der Waals surface area contributed by atoms with E-state index in [9.17, 15) is 13.2 Å². The van der Waals surface area contributed by atoms with Crippen LogP contribution in [0.2, 0.25) is 0 Å².